The van der Waals surface area contributed by atoms with Crippen LogP contribution in [0.25, 0.3) is 0 Å². The number of halogens is 2. The maximum Gasteiger partial charge on any atom is 0.263 e. The number of nitrogens with one attached hydrogen (secondary N) is 1. The van der Waals surface area contributed by atoms with Gasteiger partial charge in [0.25, 0.3) is 6.43 Å². The van der Waals surface area contributed by atoms with Crippen LogP contribution in [0, 0.1) is 18.8 Å². The Morgan fingerprint density at radius 1 is 1.14 bits per heavy atom. The van der Waals surface area contributed by atoms with Gasteiger partial charge in [0.15, 0.2) is 0 Å². The van der Waals surface area contributed by atoms with E-state index in [1.807, 2.05) is 44.2 Å². The highest BCUT2D eigenvalue weighted by atomic mass is 19.3. The van der Waals surface area contributed by atoms with Gasteiger partial charge in [-0.15, -0.1) is 0 Å². The van der Waals surface area contributed by atoms with Crippen LogP contribution in [0.2, 0.25) is 0 Å². The van der Waals surface area contributed by atoms with E-state index < -0.39 is 6.43 Å². The summed E-state index contributed by atoms with van der Waals surface area (Å²) in [6.45, 7) is 4.57. The number of ether oxygens (including phenoxy) is 1. The van der Waals surface area contributed by atoms with Crippen molar-refractivity contribution >= 4 is 11.6 Å². The Balaban J connectivity index is 1.40. The Labute approximate surface area is 170 Å². The number of benzene rings is 2. The summed E-state index contributed by atoms with van der Waals surface area (Å²) in [5.74, 6) is 0.901. The van der Waals surface area contributed by atoms with Crippen molar-refractivity contribution in [3.05, 3.63) is 59.2 Å². The Morgan fingerprint density at radius 3 is 2.48 bits per heavy atom. The van der Waals surface area contributed by atoms with Crippen molar-refractivity contribution < 1.29 is 18.3 Å². The fourth-order valence-corrected chi connectivity index (χ4v) is 4.74. The molecule has 0 radical (unpaired) electrons. The molecule has 29 heavy (non-hydrogen) atoms. The molecule has 5 heteroatoms. The monoisotopic (exact) mass is 399 g/mol. The minimum Gasteiger partial charge on any atom is -0.492 e. The average molecular weight is 399 g/mol. The van der Waals surface area contributed by atoms with E-state index in [1.54, 1.807) is 0 Å². The molecule has 154 valence electrons. The van der Waals surface area contributed by atoms with Gasteiger partial charge in [0.2, 0.25) is 5.91 Å². The van der Waals surface area contributed by atoms with Crippen LogP contribution in [0.5, 0.6) is 5.75 Å². The molecule has 2 aliphatic rings. The van der Waals surface area contributed by atoms with Gasteiger partial charge in [0.1, 0.15) is 5.75 Å². The van der Waals surface area contributed by atoms with Gasteiger partial charge in [-0.3, -0.25) is 4.79 Å². The van der Waals surface area contributed by atoms with E-state index >= 15 is 0 Å². The smallest absolute Gasteiger partial charge is 0.263 e. The van der Waals surface area contributed by atoms with Crippen molar-refractivity contribution in [2.45, 2.75) is 51.4 Å². The summed E-state index contributed by atoms with van der Waals surface area (Å²) in [7, 11) is 0. The Bertz CT molecular complexity index is 886. The number of carbonyl (C=O) groups is 1. The summed E-state index contributed by atoms with van der Waals surface area (Å²) >= 11 is 0. The van der Waals surface area contributed by atoms with Crippen LogP contribution >= 0.6 is 0 Å². The molecule has 0 aromatic heterocycles. The molecule has 1 aliphatic heterocycles. The molecular formula is C24H27F2NO2. The van der Waals surface area contributed by atoms with E-state index in [0.717, 1.165) is 42.5 Å². The SMILES string of the molecule is Cc1ccc(NC(=O)[C@@H](C)C2CCC3(CC2)COc2cc(C(F)F)ccc23)cc1. The number of fused-ring (bicyclic) bond motifs is 2. The predicted molar refractivity (Wildman–Crippen MR) is 110 cm³/mol. The molecule has 4 rings (SSSR count). The molecule has 1 fully saturated rings. The molecule has 2 aromatic carbocycles. The molecule has 1 atom stereocenters. The lowest BCUT2D eigenvalue weighted by Crippen LogP contribution is -2.37. The fraction of sp³-hybridized carbons (Fsp3) is 0.458. The first-order valence-corrected chi connectivity index (χ1v) is 10.3. The Morgan fingerprint density at radius 2 is 1.83 bits per heavy atom. The second-order valence-electron chi connectivity index (χ2n) is 8.61. The molecule has 1 amide bonds. The van der Waals surface area contributed by atoms with E-state index in [9.17, 15) is 13.6 Å². The summed E-state index contributed by atoms with van der Waals surface area (Å²) in [6, 6.07) is 12.6. The molecule has 0 saturated heterocycles. The van der Waals surface area contributed by atoms with Crippen molar-refractivity contribution in [3.63, 3.8) is 0 Å². The van der Waals surface area contributed by atoms with Crippen molar-refractivity contribution in [2.75, 3.05) is 11.9 Å². The number of anilines is 1. The van der Waals surface area contributed by atoms with Gasteiger partial charge in [0, 0.05) is 28.1 Å². The van der Waals surface area contributed by atoms with Crippen molar-refractivity contribution in [1.82, 2.24) is 0 Å². The first-order valence-electron chi connectivity index (χ1n) is 10.3. The van der Waals surface area contributed by atoms with Crippen LogP contribution in [-0.4, -0.2) is 12.5 Å². The molecule has 0 unspecified atom stereocenters. The highest BCUT2D eigenvalue weighted by Gasteiger charge is 2.45. The van der Waals surface area contributed by atoms with E-state index in [4.69, 9.17) is 4.74 Å². The zero-order valence-electron chi connectivity index (χ0n) is 16.9. The Hall–Kier alpha value is -2.43. The lowest BCUT2D eigenvalue weighted by atomic mass is 9.65. The second kappa shape index (κ2) is 7.77. The first-order chi connectivity index (χ1) is 13.9. The van der Waals surface area contributed by atoms with E-state index in [1.165, 1.54) is 12.1 Å². The van der Waals surface area contributed by atoms with Crippen LogP contribution in [0.15, 0.2) is 42.5 Å². The Kier molecular flexibility index (Phi) is 5.32. The van der Waals surface area contributed by atoms with E-state index in [0.29, 0.717) is 18.3 Å². The molecule has 1 aliphatic carbocycles. The zero-order chi connectivity index (χ0) is 20.6. The van der Waals surface area contributed by atoms with Gasteiger partial charge in [-0.25, -0.2) is 8.78 Å². The van der Waals surface area contributed by atoms with Crippen molar-refractivity contribution in [2.24, 2.45) is 11.8 Å². The van der Waals surface area contributed by atoms with Crippen molar-refractivity contribution in [1.29, 1.82) is 0 Å². The van der Waals surface area contributed by atoms with Crippen LogP contribution in [0.1, 0.15) is 55.7 Å². The third kappa shape index (κ3) is 3.87. The van der Waals surface area contributed by atoms with Crippen LogP contribution in [0.4, 0.5) is 14.5 Å². The largest absolute Gasteiger partial charge is 0.492 e. The summed E-state index contributed by atoms with van der Waals surface area (Å²) < 4.78 is 31.7. The molecular weight excluding hydrogens is 372 g/mol. The zero-order valence-corrected chi connectivity index (χ0v) is 16.9. The quantitative estimate of drug-likeness (QED) is 0.682. The highest BCUT2D eigenvalue weighted by molar-refractivity contribution is 5.92. The number of amides is 1. The summed E-state index contributed by atoms with van der Waals surface area (Å²) in [5.41, 5.74) is 2.95. The van der Waals surface area contributed by atoms with E-state index in [2.05, 4.69) is 5.32 Å². The summed E-state index contributed by atoms with van der Waals surface area (Å²) in [4.78, 5) is 12.7. The molecule has 1 saturated carbocycles. The second-order valence-corrected chi connectivity index (χ2v) is 8.61. The lowest BCUT2D eigenvalue weighted by Gasteiger charge is -2.38. The maximum atomic E-state index is 13.0. The normalized spacial score (nSPS) is 24.2. The lowest BCUT2D eigenvalue weighted by molar-refractivity contribution is -0.121. The topological polar surface area (TPSA) is 38.3 Å². The average Bonchev–Trinajstić information content (AvgIpc) is 3.07. The fourth-order valence-electron chi connectivity index (χ4n) is 4.74. The third-order valence-electron chi connectivity index (χ3n) is 6.76. The van der Waals surface area contributed by atoms with Gasteiger partial charge in [-0.1, -0.05) is 36.8 Å². The number of rotatable bonds is 4. The van der Waals surface area contributed by atoms with Gasteiger partial charge in [0.05, 0.1) is 6.61 Å². The number of alkyl halides is 2. The number of carbonyl (C=O) groups excluding carboxylic acids is 1. The number of hydrogen-bond acceptors (Lipinski definition) is 2. The molecule has 0 bridgehead atoms. The highest BCUT2D eigenvalue weighted by Crippen LogP contribution is 2.50. The molecule has 1 spiro atoms. The summed E-state index contributed by atoms with van der Waals surface area (Å²) in [5, 5.41) is 3.03. The molecule has 1 N–H and O–H groups in total. The summed E-state index contributed by atoms with van der Waals surface area (Å²) in [6.07, 6.45) is 1.22. The van der Waals surface area contributed by atoms with Gasteiger partial charge < -0.3 is 10.1 Å². The predicted octanol–water partition coefficient (Wildman–Crippen LogP) is 6.03. The molecule has 2 aromatic rings. The minimum atomic E-state index is -2.48. The van der Waals surface area contributed by atoms with Crippen LogP contribution in [0.3, 0.4) is 0 Å². The molecule has 1 heterocycles. The van der Waals surface area contributed by atoms with Gasteiger partial charge in [-0.05, 0) is 56.7 Å². The van der Waals surface area contributed by atoms with Crippen LogP contribution < -0.4 is 10.1 Å². The number of aryl methyl sites for hydroxylation is 1. The van der Waals surface area contributed by atoms with E-state index in [-0.39, 0.29) is 22.8 Å². The first kappa shape index (κ1) is 19.9. The van der Waals surface area contributed by atoms with Crippen LogP contribution in [-0.2, 0) is 10.2 Å². The minimum absolute atomic E-state index is 0.0101. The molecule has 3 nitrogen and oxygen atoms in total. The van der Waals surface area contributed by atoms with Crippen molar-refractivity contribution in [3.8, 4) is 5.75 Å². The van der Waals surface area contributed by atoms with Gasteiger partial charge in [-0.2, -0.15) is 0 Å². The standard InChI is InChI=1S/C24H27F2NO2/c1-15-3-6-19(7-4-15)27-23(28)16(2)17-9-11-24(12-10-17)14-29-21-13-18(22(25)26)5-8-20(21)24/h3-8,13,16-17,22H,9-12,14H2,1-2H3,(H,27,28)/t16-,17?,24?/m0/s1. The maximum absolute atomic E-state index is 13.0. The number of hydrogen-bond donors (Lipinski definition) is 1. The van der Waals surface area contributed by atoms with Gasteiger partial charge >= 0.3 is 0 Å². The third-order valence-corrected chi connectivity index (χ3v) is 6.76.